The van der Waals surface area contributed by atoms with Crippen molar-refractivity contribution in [3.63, 3.8) is 0 Å². The summed E-state index contributed by atoms with van der Waals surface area (Å²) in [5.74, 6) is 0.175. The second-order valence-electron chi connectivity index (χ2n) is 6.22. The summed E-state index contributed by atoms with van der Waals surface area (Å²) in [5, 5.41) is 11.7. The van der Waals surface area contributed by atoms with Crippen LogP contribution in [0.25, 0.3) is 0 Å². The number of methoxy groups -OCH3 is 1. The quantitative estimate of drug-likeness (QED) is 0.435. The van der Waals surface area contributed by atoms with Crippen LogP contribution in [0.5, 0.6) is 17.5 Å². The molecule has 0 unspecified atom stereocenters. The fourth-order valence-electron chi connectivity index (χ4n) is 2.80. The van der Waals surface area contributed by atoms with Gasteiger partial charge in [-0.3, -0.25) is 15.0 Å². The molecule has 1 amide bonds. The number of carbonyl (C=O) groups is 1. The highest BCUT2D eigenvalue weighted by molar-refractivity contribution is 5.90. The number of nitrogen functional groups attached to an aromatic ring is 1. The van der Waals surface area contributed by atoms with Crippen molar-refractivity contribution in [3.05, 3.63) is 46.0 Å². The summed E-state index contributed by atoms with van der Waals surface area (Å²) in [6, 6.07) is 4.80. The molecule has 4 bridgehead atoms. The number of rotatable bonds is 3. The zero-order valence-electron chi connectivity index (χ0n) is 16.9. The van der Waals surface area contributed by atoms with E-state index >= 15 is 0 Å². The Bertz CT molecular complexity index is 1010. The Labute approximate surface area is 177 Å². The molecule has 0 saturated heterocycles. The summed E-state index contributed by atoms with van der Waals surface area (Å²) in [4.78, 5) is 32.6. The van der Waals surface area contributed by atoms with Crippen LogP contribution >= 0.6 is 0 Å². The van der Waals surface area contributed by atoms with Gasteiger partial charge in [0.1, 0.15) is 24.7 Å². The molecule has 31 heavy (non-hydrogen) atoms. The zero-order valence-corrected chi connectivity index (χ0v) is 16.9. The number of aromatic nitrogens is 2. The third kappa shape index (κ3) is 5.10. The molecular weight excluding hydrogens is 410 g/mol. The fourth-order valence-corrected chi connectivity index (χ4v) is 2.80. The van der Waals surface area contributed by atoms with Gasteiger partial charge in [0, 0.05) is 6.07 Å². The number of hydrogen-bond acceptors (Lipinski definition) is 10. The smallest absolute Gasteiger partial charge is 0.415 e. The SMILES string of the molecule is CCOC(=O)N1Cc2cc(OC)cc(c2)OC/C=C\COc2nc(N)c([N+](=O)[O-])c1n2. The van der Waals surface area contributed by atoms with E-state index in [0.29, 0.717) is 17.1 Å². The molecule has 0 radical (unpaired) electrons. The minimum absolute atomic E-state index is 0.0460. The number of hydrogen-bond donors (Lipinski definition) is 1. The highest BCUT2D eigenvalue weighted by Crippen LogP contribution is 2.35. The number of nitrogens with zero attached hydrogens (tertiary/aromatic N) is 4. The fraction of sp³-hybridized carbons (Fsp3) is 0.316. The molecule has 0 fully saturated rings. The molecule has 0 aliphatic carbocycles. The Morgan fingerprint density at radius 2 is 2.00 bits per heavy atom. The molecule has 2 aromatic rings. The van der Waals surface area contributed by atoms with Crippen LogP contribution in [0.2, 0.25) is 0 Å². The summed E-state index contributed by atoms with van der Waals surface area (Å²) < 4.78 is 21.5. The molecule has 1 aliphatic rings. The van der Waals surface area contributed by atoms with E-state index in [2.05, 4.69) is 9.97 Å². The van der Waals surface area contributed by atoms with Gasteiger partial charge in [-0.1, -0.05) is 0 Å². The first kappa shape index (κ1) is 21.6. The summed E-state index contributed by atoms with van der Waals surface area (Å²) in [6.07, 6.45) is 2.54. The van der Waals surface area contributed by atoms with Gasteiger partial charge in [0.15, 0.2) is 0 Å². The minimum atomic E-state index is -0.855. The highest BCUT2D eigenvalue weighted by Gasteiger charge is 2.32. The van der Waals surface area contributed by atoms with Gasteiger partial charge in [-0.2, -0.15) is 9.97 Å². The van der Waals surface area contributed by atoms with Crippen molar-refractivity contribution in [3.8, 4) is 17.5 Å². The van der Waals surface area contributed by atoms with Gasteiger partial charge < -0.3 is 24.7 Å². The van der Waals surface area contributed by atoms with Crippen LogP contribution in [0.1, 0.15) is 12.5 Å². The van der Waals surface area contributed by atoms with Crippen LogP contribution in [-0.2, 0) is 11.3 Å². The summed E-state index contributed by atoms with van der Waals surface area (Å²) in [6.45, 7) is 1.83. The molecule has 0 saturated carbocycles. The van der Waals surface area contributed by atoms with E-state index in [-0.39, 0.29) is 38.2 Å². The maximum Gasteiger partial charge on any atom is 0.415 e. The van der Waals surface area contributed by atoms with E-state index in [1.807, 2.05) is 0 Å². The molecule has 2 N–H and O–H groups in total. The van der Waals surface area contributed by atoms with Crippen molar-refractivity contribution in [2.24, 2.45) is 0 Å². The van der Waals surface area contributed by atoms with Gasteiger partial charge in [0.2, 0.25) is 11.6 Å². The van der Waals surface area contributed by atoms with Crippen molar-refractivity contribution in [1.82, 2.24) is 9.97 Å². The van der Waals surface area contributed by atoms with E-state index in [0.717, 1.165) is 4.90 Å². The lowest BCUT2D eigenvalue weighted by Gasteiger charge is -2.22. The number of fused-ring (bicyclic) bond motifs is 4. The molecule has 12 nitrogen and oxygen atoms in total. The number of nitro groups is 1. The van der Waals surface area contributed by atoms with Crippen LogP contribution in [0.3, 0.4) is 0 Å². The highest BCUT2D eigenvalue weighted by atomic mass is 16.6. The molecule has 12 heteroatoms. The Kier molecular flexibility index (Phi) is 6.70. The lowest BCUT2D eigenvalue weighted by Crippen LogP contribution is -2.33. The molecule has 1 aliphatic heterocycles. The van der Waals surface area contributed by atoms with Gasteiger partial charge in [-0.05, 0) is 36.8 Å². The van der Waals surface area contributed by atoms with Gasteiger partial charge >= 0.3 is 17.8 Å². The number of carbonyl (C=O) groups excluding carboxylic acids is 1. The standard InChI is InChI=1S/C19H21N5O7/c1-3-29-19(25)23-11-12-8-13(28-2)10-14(9-12)30-6-4-5-7-31-18-21-16(20)15(24(26)27)17(23)22-18/h4-5,8-10H,3,6-7,11H2,1-2H3,(H2,20,21,22)/b5-4-. The van der Waals surface area contributed by atoms with Crippen molar-refractivity contribution in [2.75, 3.05) is 37.6 Å². The van der Waals surface area contributed by atoms with Gasteiger partial charge in [0.05, 0.1) is 25.2 Å². The van der Waals surface area contributed by atoms with Gasteiger partial charge in [0.25, 0.3) is 0 Å². The minimum Gasteiger partial charge on any atom is -0.497 e. The van der Waals surface area contributed by atoms with E-state index < -0.39 is 22.5 Å². The lowest BCUT2D eigenvalue weighted by atomic mass is 10.2. The number of ether oxygens (including phenoxy) is 4. The molecule has 3 rings (SSSR count). The number of benzene rings is 1. The number of nitrogens with two attached hydrogens (primary N) is 1. The Morgan fingerprint density at radius 3 is 2.68 bits per heavy atom. The molecule has 1 aromatic carbocycles. The second-order valence-corrected chi connectivity index (χ2v) is 6.22. The topological polar surface area (TPSA) is 152 Å². The maximum absolute atomic E-state index is 12.7. The molecular formula is C19H21N5O7. The number of anilines is 2. The lowest BCUT2D eigenvalue weighted by molar-refractivity contribution is -0.383. The second kappa shape index (κ2) is 9.61. The maximum atomic E-state index is 12.7. The predicted molar refractivity (Wildman–Crippen MR) is 109 cm³/mol. The first-order valence-corrected chi connectivity index (χ1v) is 9.27. The molecule has 164 valence electrons. The Morgan fingerprint density at radius 1 is 1.26 bits per heavy atom. The monoisotopic (exact) mass is 431 g/mol. The van der Waals surface area contributed by atoms with Gasteiger partial charge in [-0.15, -0.1) is 0 Å². The summed E-state index contributed by atoms with van der Waals surface area (Å²) in [7, 11) is 1.49. The molecule has 0 atom stereocenters. The summed E-state index contributed by atoms with van der Waals surface area (Å²) >= 11 is 0. The zero-order chi connectivity index (χ0) is 22.4. The third-order valence-corrected chi connectivity index (χ3v) is 4.14. The normalized spacial score (nSPS) is 14.5. The number of amides is 1. The van der Waals surface area contributed by atoms with Crippen molar-refractivity contribution in [1.29, 1.82) is 0 Å². The van der Waals surface area contributed by atoms with Crippen LogP contribution in [0.15, 0.2) is 30.4 Å². The Hall–Kier alpha value is -4.09. The van der Waals surface area contributed by atoms with E-state index in [1.54, 1.807) is 37.3 Å². The van der Waals surface area contributed by atoms with Crippen molar-refractivity contribution >= 4 is 23.4 Å². The third-order valence-electron chi connectivity index (χ3n) is 4.14. The molecule has 1 aromatic heterocycles. The average Bonchev–Trinajstić information content (AvgIpc) is 2.73. The summed E-state index contributed by atoms with van der Waals surface area (Å²) in [5.41, 5.74) is 5.72. The largest absolute Gasteiger partial charge is 0.497 e. The van der Waals surface area contributed by atoms with Crippen LogP contribution < -0.4 is 24.8 Å². The van der Waals surface area contributed by atoms with Crippen LogP contribution in [0.4, 0.5) is 22.1 Å². The van der Waals surface area contributed by atoms with Crippen LogP contribution in [0, 0.1) is 10.1 Å². The van der Waals surface area contributed by atoms with E-state index in [1.165, 1.54) is 7.11 Å². The van der Waals surface area contributed by atoms with E-state index in [9.17, 15) is 14.9 Å². The average molecular weight is 431 g/mol. The predicted octanol–water partition coefficient (Wildman–Crippen LogP) is 2.47. The molecule has 2 heterocycles. The van der Waals surface area contributed by atoms with E-state index in [4.69, 9.17) is 24.7 Å². The van der Waals surface area contributed by atoms with Crippen LogP contribution in [-0.4, -0.2) is 47.9 Å². The van der Waals surface area contributed by atoms with Crippen molar-refractivity contribution < 1.29 is 28.7 Å². The van der Waals surface area contributed by atoms with Crippen molar-refractivity contribution in [2.45, 2.75) is 13.5 Å². The molecule has 0 spiro atoms. The Balaban J connectivity index is 2.20. The van der Waals surface area contributed by atoms with Gasteiger partial charge in [-0.25, -0.2) is 4.79 Å². The first-order chi connectivity index (χ1) is 14.9. The first-order valence-electron chi connectivity index (χ1n) is 9.27.